The molecule has 2 N–H and O–H groups in total. The number of benzene rings is 3. The van der Waals surface area contributed by atoms with Crippen molar-refractivity contribution in [2.75, 3.05) is 10.6 Å². The van der Waals surface area contributed by atoms with Gasteiger partial charge in [0, 0.05) is 23.0 Å². The summed E-state index contributed by atoms with van der Waals surface area (Å²) in [5, 5.41) is 8.53. The normalized spacial score (nSPS) is 11.0. The molecule has 0 aliphatic carbocycles. The summed E-state index contributed by atoms with van der Waals surface area (Å²) in [6.45, 7) is 2.13. The van der Waals surface area contributed by atoms with Gasteiger partial charge in [-0.3, -0.25) is 0 Å². The van der Waals surface area contributed by atoms with Gasteiger partial charge in [-0.05, 0) is 48.9 Å². The van der Waals surface area contributed by atoms with Crippen molar-refractivity contribution in [1.29, 1.82) is 0 Å². The molecule has 3 aromatic carbocycles. The van der Waals surface area contributed by atoms with E-state index in [1.807, 2.05) is 6.07 Å². The van der Waals surface area contributed by atoms with Gasteiger partial charge in [-0.25, -0.2) is 0 Å². The molecule has 3 heteroatoms. The quantitative estimate of drug-likeness (QED) is 0.364. The molecule has 5 aromatic rings. The van der Waals surface area contributed by atoms with E-state index in [1.165, 1.54) is 16.5 Å². The second kappa shape index (κ2) is 6.78. The minimum absolute atomic E-state index is 1.07. The van der Waals surface area contributed by atoms with Crippen LogP contribution in [-0.2, 0) is 0 Å². The maximum Gasteiger partial charge on any atom is 0.0875 e. The fourth-order valence-corrected chi connectivity index (χ4v) is 3.72. The molecule has 2 heterocycles. The summed E-state index contributed by atoms with van der Waals surface area (Å²) in [7, 11) is 0. The summed E-state index contributed by atoms with van der Waals surface area (Å²) in [4.78, 5) is 0. The highest BCUT2D eigenvalue weighted by Gasteiger charge is 2.15. The van der Waals surface area contributed by atoms with Crippen LogP contribution in [0.3, 0.4) is 0 Å². The van der Waals surface area contributed by atoms with E-state index in [4.69, 9.17) is 0 Å². The standard InChI is InChI=1S/C25H21N3/c1-18-10-5-7-14-21(18)27-25-23-16-9-17-28(23)22-15-8-6-13-20(22)24(25)26-19-11-3-2-4-12-19/h2-17,26-27H,1H3. The molecule has 28 heavy (non-hydrogen) atoms. The number of nitrogens with one attached hydrogen (secondary N) is 2. The molecular formula is C25H21N3. The topological polar surface area (TPSA) is 28.5 Å². The summed E-state index contributed by atoms with van der Waals surface area (Å²) < 4.78 is 2.24. The summed E-state index contributed by atoms with van der Waals surface area (Å²) in [5.74, 6) is 0. The Balaban J connectivity index is 1.79. The molecule has 0 fully saturated rings. The van der Waals surface area contributed by atoms with Crippen LogP contribution in [0.2, 0.25) is 0 Å². The van der Waals surface area contributed by atoms with Crippen molar-refractivity contribution in [3.8, 4) is 0 Å². The fraction of sp³-hybridized carbons (Fsp3) is 0.0400. The van der Waals surface area contributed by atoms with Crippen molar-refractivity contribution in [2.24, 2.45) is 0 Å². The lowest BCUT2D eigenvalue weighted by molar-refractivity contribution is 1.27. The van der Waals surface area contributed by atoms with Crippen LogP contribution in [-0.4, -0.2) is 4.40 Å². The number of aromatic nitrogens is 1. The van der Waals surface area contributed by atoms with Crippen LogP contribution in [0.15, 0.2) is 97.2 Å². The van der Waals surface area contributed by atoms with E-state index in [2.05, 4.69) is 113 Å². The molecule has 3 nitrogen and oxygen atoms in total. The molecule has 5 rings (SSSR count). The smallest absolute Gasteiger partial charge is 0.0875 e. The van der Waals surface area contributed by atoms with Crippen molar-refractivity contribution in [3.63, 3.8) is 0 Å². The van der Waals surface area contributed by atoms with Crippen LogP contribution in [0, 0.1) is 6.92 Å². The number of para-hydroxylation sites is 3. The van der Waals surface area contributed by atoms with Gasteiger partial charge in [-0.2, -0.15) is 0 Å². The van der Waals surface area contributed by atoms with Crippen LogP contribution in [0.5, 0.6) is 0 Å². The molecule has 0 bridgehead atoms. The molecule has 0 amide bonds. The lowest BCUT2D eigenvalue weighted by atomic mass is 10.1. The van der Waals surface area contributed by atoms with Gasteiger partial charge in [0.2, 0.25) is 0 Å². The van der Waals surface area contributed by atoms with Crippen molar-refractivity contribution in [1.82, 2.24) is 4.40 Å². The third-order valence-electron chi connectivity index (χ3n) is 5.14. The minimum atomic E-state index is 1.07. The van der Waals surface area contributed by atoms with Gasteiger partial charge in [0.05, 0.1) is 22.4 Å². The molecule has 136 valence electrons. The molecule has 0 saturated heterocycles. The summed E-state index contributed by atoms with van der Waals surface area (Å²) in [6, 6.07) is 31.5. The molecule has 2 aromatic heterocycles. The summed E-state index contributed by atoms with van der Waals surface area (Å²) >= 11 is 0. The molecule has 0 radical (unpaired) electrons. The highest BCUT2D eigenvalue weighted by molar-refractivity contribution is 6.07. The Kier molecular flexibility index (Phi) is 3.99. The number of rotatable bonds is 4. The van der Waals surface area contributed by atoms with Gasteiger partial charge >= 0.3 is 0 Å². The van der Waals surface area contributed by atoms with Gasteiger partial charge in [-0.1, -0.05) is 54.6 Å². The van der Waals surface area contributed by atoms with E-state index in [1.54, 1.807) is 0 Å². The molecule has 0 aliphatic heterocycles. The Labute approximate surface area is 164 Å². The van der Waals surface area contributed by atoms with Gasteiger partial charge < -0.3 is 15.0 Å². The number of hydrogen-bond donors (Lipinski definition) is 2. The predicted molar refractivity (Wildman–Crippen MR) is 119 cm³/mol. The van der Waals surface area contributed by atoms with Crippen LogP contribution in [0.25, 0.3) is 16.4 Å². The highest BCUT2D eigenvalue weighted by Crippen LogP contribution is 2.39. The van der Waals surface area contributed by atoms with Crippen LogP contribution < -0.4 is 10.6 Å². The molecule has 0 unspecified atom stereocenters. The van der Waals surface area contributed by atoms with Crippen LogP contribution in [0.4, 0.5) is 22.7 Å². The van der Waals surface area contributed by atoms with Gasteiger partial charge in [0.25, 0.3) is 0 Å². The predicted octanol–water partition coefficient (Wildman–Crippen LogP) is 6.89. The second-order valence-corrected chi connectivity index (χ2v) is 6.96. The van der Waals surface area contributed by atoms with E-state index in [0.29, 0.717) is 0 Å². The third-order valence-corrected chi connectivity index (χ3v) is 5.14. The number of fused-ring (bicyclic) bond motifs is 3. The molecule has 0 spiro atoms. The van der Waals surface area contributed by atoms with Crippen LogP contribution in [0.1, 0.15) is 5.56 Å². The second-order valence-electron chi connectivity index (χ2n) is 6.96. The molecule has 0 aliphatic rings. The Morgan fingerprint density at radius 3 is 2.18 bits per heavy atom. The molecular weight excluding hydrogens is 342 g/mol. The maximum absolute atomic E-state index is 3.70. The SMILES string of the molecule is Cc1ccccc1Nc1c(Nc2ccccc2)c2ccccc2n2cccc12. The summed E-state index contributed by atoms with van der Waals surface area (Å²) in [6.07, 6.45) is 2.12. The van der Waals surface area contributed by atoms with Gasteiger partial charge in [0.1, 0.15) is 0 Å². The monoisotopic (exact) mass is 363 g/mol. The van der Waals surface area contributed by atoms with Crippen molar-refractivity contribution >= 4 is 39.2 Å². The average molecular weight is 363 g/mol. The maximum atomic E-state index is 3.70. The lowest BCUT2D eigenvalue weighted by Gasteiger charge is -2.20. The Morgan fingerprint density at radius 1 is 0.607 bits per heavy atom. The minimum Gasteiger partial charge on any atom is -0.353 e. The largest absolute Gasteiger partial charge is 0.353 e. The Bertz CT molecular complexity index is 1270. The number of aryl methyl sites for hydroxylation is 1. The molecule has 0 atom stereocenters. The van der Waals surface area contributed by atoms with E-state index >= 15 is 0 Å². The number of nitrogens with zero attached hydrogens (tertiary/aromatic N) is 1. The van der Waals surface area contributed by atoms with E-state index in [0.717, 1.165) is 28.3 Å². The van der Waals surface area contributed by atoms with E-state index in [9.17, 15) is 0 Å². The van der Waals surface area contributed by atoms with Gasteiger partial charge in [-0.15, -0.1) is 0 Å². The summed E-state index contributed by atoms with van der Waals surface area (Å²) in [5.41, 5.74) is 7.86. The van der Waals surface area contributed by atoms with Crippen molar-refractivity contribution in [2.45, 2.75) is 6.92 Å². The fourth-order valence-electron chi connectivity index (χ4n) is 3.72. The van der Waals surface area contributed by atoms with Crippen molar-refractivity contribution < 1.29 is 0 Å². The van der Waals surface area contributed by atoms with Crippen molar-refractivity contribution in [3.05, 3.63) is 103 Å². The first-order valence-electron chi connectivity index (χ1n) is 9.48. The first-order valence-corrected chi connectivity index (χ1v) is 9.48. The first kappa shape index (κ1) is 16.5. The van der Waals surface area contributed by atoms with Gasteiger partial charge in [0.15, 0.2) is 0 Å². The zero-order valence-electron chi connectivity index (χ0n) is 15.7. The third kappa shape index (κ3) is 2.78. The molecule has 0 saturated carbocycles. The lowest BCUT2D eigenvalue weighted by Crippen LogP contribution is -2.03. The zero-order chi connectivity index (χ0) is 18.9. The Hall–Kier alpha value is -3.72. The average Bonchev–Trinajstić information content (AvgIpc) is 3.23. The number of anilines is 4. The number of hydrogen-bond acceptors (Lipinski definition) is 2. The number of pyridine rings is 1. The van der Waals surface area contributed by atoms with Crippen LogP contribution >= 0.6 is 0 Å². The van der Waals surface area contributed by atoms with E-state index < -0.39 is 0 Å². The highest BCUT2D eigenvalue weighted by atomic mass is 15.0. The van der Waals surface area contributed by atoms with E-state index in [-0.39, 0.29) is 0 Å². The zero-order valence-corrected chi connectivity index (χ0v) is 15.7. The Morgan fingerprint density at radius 2 is 1.32 bits per heavy atom. The first-order chi connectivity index (χ1) is 13.8.